The molecular weight excluding hydrogens is 416 g/mol. The first-order valence-electron chi connectivity index (χ1n) is 12.7. The smallest absolute Gasteiger partial charge is 0.0619 e. The zero-order valence-electron chi connectivity index (χ0n) is 21.5. The highest BCUT2D eigenvalue weighted by molar-refractivity contribution is 9.10. The highest BCUT2D eigenvalue weighted by atomic mass is 79.9. The van der Waals surface area contributed by atoms with Gasteiger partial charge in [0, 0.05) is 23.7 Å². The SMILES string of the molecule is [2H]C([2H])([2H])C1(C([2H])([2H])[2H])c2ccccc2C2(c3ccccc3-c3c(Br)cccc32)c2ccccc21. The van der Waals surface area contributed by atoms with Crippen molar-refractivity contribution in [2.45, 2.75) is 24.5 Å². The van der Waals surface area contributed by atoms with Crippen molar-refractivity contribution in [3.05, 3.63) is 129 Å². The minimum absolute atomic E-state index is 0.335. The molecule has 0 aliphatic heterocycles. The summed E-state index contributed by atoms with van der Waals surface area (Å²) in [5.74, 6) is 0. The van der Waals surface area contributed by atoms with Crippen LogP contribution >= 0.6 is 15.9 Å². The predicted molar refractivity (Wildman–Crippen MR) is 124 cm³/mol. The van der Waals surface area contributed by atoms with E-state index in [0.29, 0.717) is 22.3 Å². The number of benzene rings is 4. The van der Waals surface area contributed by atoms with E-state index in [1.165, 1.54) is 0 Å². The van der Waals surface area contributed by atoms with Gasteiger partial charge in [-0.25, -0.2) is 0 Å². The molecule has 0 heterocycles. The van der Waals surface area contributed by atoms with Crippen LogP contribution in [0.2, 0.25) is 0 Å². The van der Waals surface area contributed by atoms with Crippen LogP contribution in [0.15, 0.2) is 95.5 Å². The van der Waals surface area contributed by atoms with Crippen LogP contribution in [0.5, 0.6) is 0 Å². The first kappa shape index (κ1) is 12.1. The Labute approximate surface area is 188 Å². The second-order valence-electron chi connectivity index (χ2n) is 7.80. The summed E-state index contributed by atoms with van der Waals surface area (Å²) in [4.78, 5) is 0. The fourth-order valence-corrected chi connectivity index (χ4v) is 6.01. The average Bonchev–Trinajstić information content (AvgIpc) is 3.10. The van der Waals surface area contributed by atoms with Gasteiger partial charge in [-0.15, -0.1) is 0 Å². The van der Waals surface area contributed by atoms with Gasteiger partial charge in [-0.05, 0) is 45.0 Å². The molecule has 0 saturated heterocycles. The number of halogens is 1. The van der Waals surface area contributed by atoms with Crippen LogP contribution in [0.1, 0.15) is 55.3 Å². The van der Waals surface area contributed by atoms with Crippen LogP contribution in [0.25, 0.3) is 11.1 Å². The van der Waals surface area contributed by atoms with Gasteiger partial charge in [0.25, 0.3) is 0 Å². The van der Waals surface area contributed by atoms with Gasteiger partial charge in [-0.1, -0.05) is 115 Å². The van der Waals surface area contributed by atoms with Crippen LogP contribution in [-0.4, -0.2) is 0 Å². The normalized spacial score (nSPS) is 20.6. The predicted octanol–water partition coefficient (Wildman–Crippen LogP) is 7.45. The van der Waals surface area contributed by atoms with Crippen molar-refractivity contribution >= 4 is 15.9 Å². The lowest BCUT2D eigenvalue weighted by Gasteiger charge is -2.46. The molecule has 0 unspecified atom stereocenters. The monoisotopic (exact) mass is 442 g/mol. The molecule has 140 valence electrons. The summed E-state index contributed by atoms with van der Waals surface area (Å²) in [6.07, 6.45) is 0. The van der Waals surface area contributed by atoms with E-state index in [4.69, 9.17) is 8.22 Å². The molecule has 4 aromatic rings. The fraction of sp³-hybridized carbons (Fsp3) is 0.143. The molecule has 2 aliphatic rings. The van der Waals surface area contributed by atoms with Crippen molar-refractivity contribution in [1.29, 1.82) is 0 Å². The maximum atomic E-state index is 8.64. The largest absolute Gasteiger partial charge is 0.0719 e. The number of rotatable bonds is 0. The lowest BCUT2D eigenvalue weighted by atomic mass is 9.55. The lowest BCUT2D eigenvalue weighted by molar-refractivity contribution is 0.563. The van der Waals surface area contributed by atoms with Crippen molar-refractivity contribution in [3.63, 3.8) is 0 Å². The Morgan fingerprint density at radius 1 is 0.586 bits per heavy atom. The van der Waals surface area contributed by atoms with Crippen LogP contribution in [-0.2, 0) is 10.8 Å². The molecule has 1 spiro atoms. The molecule has 0 saturated carbocycles. The second-order valence-corrected chi connectivity index (χ2v) is 8.65. The van der Waals surface area contributed by atoms with Crippen molar-refractivity contribution in [2.75, 3.05) is 0 Å². The molecule has 0 atom stereocenters. The Bertz CT molecular complexity index is 1430. The zero-order chi connectivity index (χ0) is 24.8. The Hall–Kier alpha value is -2.64. The van der Waals surface area contributed by atoms with E-state index in [0.717, 1.165) is 26.7 Å². The molecule has 1 heteroatoms. The molecule has 0 aromatic heterocycles. The molecule has 0 nitrogen and oxygen atoms in total. The van der Waals surface area contributed by atoms with E-state index in [1.54, 1.807) is 24.3 Å². The van der Waals surface area contributed by atoms with Gasteiger partial charge in [0.05, 0.1) is 5.41 Å². The average molecular weight is 443 g/mol. The number of hydrogen-bond donors (Lipinski definition) is 0. The molecular formula is C28H21Br. The van der Waals surface area contributed by atoms with E-state index in [-0.39, 0.29) is 0 Å². The van der Waals surface area contributed by atoms with Crippen molar-refractivity contribution in [2.24, 2.45) is 0 Å². The summed E-state index contributed by atoms with van der Waals surface area (Å²) in [6, 6.07) is 28.6. The minimum atomic E-state index is -2.82. The van der Waals surface area contributed by atoms with Gasteiger partial charge < -0.3 is 0 Å². The van der Waals surface area contributed by atoms with Crippen molar-refractivity contribution in [3.8, 4) is 11.1 Å². The van der Waals surface area contributed by atoms with E-state index < -0.39 is 24.5 Å². The summed E-state index contributed by atoms with van der Waals surface area (Å²) in [7, 11) is 0. The van der Waals surface area contributed by atoms with Gasteiger partial charge in [0.1, 0.15) is 0 Å². The van der Waals surface area contributed by atoms with Crippen molar-refractivity contribution in [1.82, 2.24) is 0 Å². The summed E-state index contributed by atoms with van der Waals surface area (Å²) in [6.45, 7) is -5.63. The van der Waals surface area contributed by atoms with E-state index >= 15 is 0 Å². The summed E-state index contributed by atoms with van der Waals surface area (Å²) in [5, 5.41) is 0. The Morgan fingerprint density at radius 2 is 1.10 bits per heavy atom. The number of hydrogen-bond acceptors (Lipinski definition) is 0. The summed E-state index contributed by atoms with van der Waals surface area (Å²) in [5.41, 5.74) is 3.19. The van der Waals surface area contributed by atoms with E-state index in [1.807, 2.05) is 48.5 Å². The van der Waals surface area contributed by atoms with Crippen LogP contribution in [0, 0.1) is 0 Å². The molecule has 29 heavy (non-hydrogen) atoms. The topological polar surface area (TPSA) is 0 Å². The van der Waals surface area contributed by atoms with Gasteiger partial charge in [-0.2, -0.15) is 0 Å². The van der Waals surface area contributed by atoms with Crippen LogP contribution < -0.4 is 0 Å². The molecule has 0 amide bonds. The van der Waals surface area contributed by atoms with Gasteiger partial charge in [0.15, 0.2) is 0 Å². The van der Waals surface area contributed by atoms with Gasteiger partial charge >= 0.3 is 0 Å². The van der Waals surface area contributed by atoms with Gasteiger partial charge in [-0.3, -0.25) is 0 Å². The summed E-state index contributed by atoms with van der Waals surface area (Å²) >= 11 is 3.75. The second kappa shape index (κ2) is 5.70. The molecule has 2 aliphatic carbocycles. The Balaban J connectivity index is 1.91. The Morgan fingerprint density at radius 3 is 1.72 bits per heavy atom. The van der Waals surface area contributed by atoms with Gasteiger partial charge in [0.2, 0.25) is 0 Å². The molecule has 0 bridgehead atoms. The van der Waals surface area contributed by atoms with Crippen LogP contribution in [0.4, 0.5) is 0 Å². The minimum Gasteiger partial charge on any atom is -0.0619 e. The molecule has 0 radical (unpaired) electrons. The molecule has 4 aromatic carbocycles. The zero-order valence-corrected chi connectivity index (χ0v) is 17.1. The highest BCUT2D eigenvalue weighted by Crippen LogP contribution is 2.62. The third-order valence-electron chi connectivity index (χ3n) is 6.49. The lowest BCUT2D eigenvalue weighted by Crippen LogP contribution is -2.40. The van der Waals surface area contributed by atoms with Crippen molar-refractivity contribution < 1.29 is 8.22 Å². The first-order valence-corrected chi connectivity index (χ1v) is 10.5. The number of fused-ring (bicyclic) bond motifs is 9. The third-order valence-corrected chi connectivity index (χ3v) is 7.15. The third kappa shape index (κ3) is 1.94. The fourth-order valence-electron chi connectivity index (χ4n) is 5.43. The van der Waals surface area contributed by atoms with Crippen LogP contribution in [0.3, 0.4) is 0 Å². The Kier molecular flexibility index (Phi) is 2.39. The maximum absolute atomic E-state index is 8.64. The quantitative estimate of drug-likeness (QED) is 0.233. The van der Waals surface area contributed by atoms with E-state index in [2.05, 4.69) is 34.1 Å². The standard InChI is InChI=1S/C28H21Br/c1-27(2)20-12-5-7-14-22(20)28(23-15-8-6-13-21(23)27)19-11-4-3-10-18(19)26-24(28)16-9-17-25(26)29/h3-17H,1-2H3/i1D3,2D3. The molecule has 0 fully saturated rings. The van der Waals surface area contributed by atoms with E-state index in [9.17, 15) is 0 Å². The highest BCUT2D eigenvalue weighted by Gasteiger charge is 2.53. The molecule has 0 N–H and O–H groups in total. The first-order chi connectivity index (χ1) is 16.6. The maximum Gasteiger partial charge on any atom is 0.0719 e. The summed E-state index contributed by atoms with van der Waals surface area (Å²) < 4.78 is 52.8. The molecule has 6 rings (SSSR count).